The fourth-order valence-corrected chi connectivity index (χ4v) is 3.44. The third-order valence-electron chi connectivity index (χ3n) is 4.08. The van der Waals surface area contributed by atoms with E-state index in [2.05, 4.69) is 10.3 Å². The number of esters is 1. The van der Waals surface area contributed by atoms with Crippen molar-refractivity contribution in [3.05, 3.63) is 64.9 Å². The van der Waals surface area contributed by atoms with Crippen LogP contribution in [0.3, 0.4) is 0 Å². The van der Waals surface area contributed by atoms with Crippen LogP contribution in [0.2, 0.25) is 0 Å². The standard InChI is InChI=1S/C21H19FN2O4S/c1-12-18(29-20(23-12)14-4-10-17(27-3)11-5-14)21(26)28-13(2)19(25)24-16-8-6-15(22)7-9-16/h4-11,13H,1-3H3,(H,24,25)/t13-/m0/s1. The fraction of sp³-hybridized carbons (Fsp3) is 0.190. The number of ether oxygens (including phenoxy) is 2. The Labute approximate surface area is 171 Å². The first-order valence-corrected chi connectivity index (χ1v) is 9.58. The van der Waals surface area contributed by atoms with Crippen LogP contribution in [0.4, 0.5) is 10.1 Å². The van der Waals surface area contributed by atoms with Gasteiger partial charge in [-0.15, -0.1) is 11.3 Å². The maximum atomic E-state index is 12.9. The Kier molecular flexibility index (Phi) is 6.23. The third-order valence-corrected chi connectivity index (χ3v) is 5.27. The Morgan fingerprint density at radius 1 is 1.10 bits per heavy atom. The van der Waals surface area contributed by atoms with E-state index in [0.29, 0.717) is 21.3 Å². The van der Waals surface area contributed by atoms with Crippen molar-refractivity contribution in [3.63, 3.8) is 0 Å². The largest absolute Gasteiger partial charge is 0.497 e. The molecule has 1 aromatic heterocycles. The van der Waals surface area contributed by atoms with E-state index in [-0.39, 0.29) is 0 Å². The molecule has 0 spiro atoms. The van der Waals surface area contributed by atoms with Crippen LogP contribution in [0.5, 0.6) is 5.75 Å². The lowest BCUT2D eigenvalue weighted by atomic mass is 10.2. The number of halogens is 1. The van der Waals surface area contributed by atoms with Crippen molar-refractivity contribution < 1.29 is 23.5 Å². The van der Waals surface area contributed by atoms with Gasteiger partial charge in [0.15, 0.2) is 6.10 Å². The second-order valence-corrected chi connectivity index (χ2v) is 7.20. The van der Waals surface area contributed by atoms with Crippen molar-refractivity contribution >= 4 is 28.9 Å². The highest BCUT2D eigenvalue weighted by molar-refractivity contribution is 7.17. The van der Waals surface area contributed by atoms with Gasteiger partial charge in [-0.3, -0.25) is 4.79 Å². The molecule has 8 heteroatoms. The Morgan fingerprint density at radius 2 is 1.76 bits per heavy atom. The molecule has 1 atom stereocenters. The number of anilines is 1. The maximum absolute atomic E-state index is 12.9. The van der Waals surface area contributed by atoms with Crippen LogP contribution < -0.4 is 10.1 Å². The van der Waals surface area contributed by atoms with Crippen LogP contribution in [-0.2, 0) is 9.53 Å². The topological polar surface area (TPSA) is 77.5 Å². The van der Waals surface area contributed by atoms with E-state index in [1.54, 1.807) is 14.0 Å². The summed E-state index contributed by atoms with van der Waals surface area (Å²) in [7, 11) is 1.59. The summed E-state index contributed by atoms with van der Waals surface area (Å²) >= 11 is 1.19. The number of rotatable bonds is 6. The smallest absolute Gasteiger partial charge is 0.351 e. The van der Waals surface area contributed by atoms with E-state index in [9.17, 15) is 14.0 Å². The van der Waals surface area contributed by atoms with Gasteiger partial charge < -0.3 is 14.8 Å². The lowest BCUT2D eigenvalue weighted by molar-refractivity contribution is -0.123. The molecule has 0 unspecified atom stereocenters. The van der Waals surface area contributed by atoms with E-state index in [0.717, 1.165) is 11.3 Å². The fourth-order valence-electron chi connectivity index (χ4n) is 2.49. The molecule has 2 aromatic carbocycles. The van der Waals surface area contributed by atoms with Crippen molar-refractivity contribution in [3.8, 4) is 16.3 Å². The highest BCUT2D eigenvalue weighted by atomic mass is 32.1. The number of carbonyl (C=O) groups is 2. The number of carbonyl (C=O) groups excluding carboxylic acids is 2. The molecule has 0 aliphatic heterocycles. The van der Waals surface area contributed by atoms with Crippen LogP contribution in [0.1, 0.15) is 22.3 Å². The second-order valence-electron chi connectivity index (χ2n) is 6.21. The zero-order valence-corrected chi connectivity index (χ0v) is 16.9. The van der Waals surface area contributed by atoms with Crippen molar-refractivity contribution in [2.75, 3.05) is 12.4 Å². The number of benzene rings is 2. The SMILES string of the molecule is COc1ccc(-c2nc(C)c(C(=O)O[C@@H](C)C(=O)Nc3ccc(F)cc3)s2)cc1. The average molecular weight is 414 g/mol. The van der Waals surface area contributed by atoms with Gasteiger partial charge in [-0.05, 0) is 62.4 Å². The zero-order valence-electron chi connectivity index (χ0n) is 16.1. The van der Waals surface area contributed by atoms with E-state index in [4.69, 9.17) is 9.47 Å². The number of hydrogen-bond donors (Lipinski definition) is 1. The zero-order chi connectivity index (χ0) is 21.0. The van der Waals surface area contributed by atoms with E-state index < -0.39 is 23.8 Å². The minimum absolute atomic E-state index is 0.331. The predicted octanol–water partition coefficient (Wildman–Crippen LogP) is 4.45. The molecular formula is C21H19FN2O4S. The quantitative estimate of drug-likeness (QED) is 0.603. The minimum Gasteiger partial charge on any atom is -0.497 e. The first kappa shape index (κ1) is 20.5. The molecule has 0 saturated carbocycles. The van der Waals surface area contributed by atoms with Crippen molar-refractivity contribution in [2.24, 2.45) is 0 Å². The van der Waals surface area contributed by atoms with Gasteiger partial charge in [-0.25, -0.2) is 14.2 Å². The van der Waals surface area contributed by atoms with Crippen LogP contribution in [0.25, 0.3) is 10.6 Å². The summed E-state index contributed by atoms with van der Waals surface area (Å²) in [5, 5.41) is 3.24. The highest BCUT2D eigenvalue weighted by Crippen LogP contribution is 2.29. The number of amides is 1. The molecule has 6 nitrogen and oxygen atoms in total. The molecule has 3 rings (SSSR count). The molecule has 0 aliphatic carbocycles. The third kappa shape index (κ3) is 4.97. The molecular weight excluding hydrogens is 395 g/mol. The second kappa shape index (κ2) is 8.83. The molecule has 150 valence electrons. The summed E-state index contributed by atoms with van der Waals surface area (Å²) in [5.74, 6) is -0.817. The van der Waals surface area contributed by atoms with Crippen molar-refractivity contribution in [1.29, 1.82) is 0 Å². The van der Waals surface area contributed by atoms with Gasteiger partial charge in [-0.2, -0.15) is 0 Å². The van der Waals surface area contributed by atoms with Crippen molar-refractivity contribution in [2.45, 2.75) is 20.0 Å². The lowest BCUT2D eigenvalue weighted by Gasteiger charge is -2.13. The van der Waals surface area contributed by atoms with E-state index in [1.165, 1.54) is 42.5 Å². The van der Waals surface area contributed by atoms with Gasteiger partial charge in [0.25, 0.3) is 5.91 Å². The van der Waals surface area contributed by atoms with Gasteiger partial charge in [0.05, 0.1) is 12.8 Å². The number of nitrogens with zero attached hydrogens (tertiary/aromatic N) is 1. The van der Waals surface area contributed by atoms with Gasteiger partial charge in [0.2, 0.25) is 0 Å². The van der Waals surface area contributed by atoms with Gasteiger partial charge in [-0.1, -0.05) is 0 Å². The summed E-state index contributed by atoms with van der Waals surface area (Å²) < 4.78 is 23.4. The van der Waals surface area contributed by atoms with Crippen LogP contribution >= 0.6 is 11.3 Å². The lowest BCUT2D eigenvalue weighted by Crippen LogP contribution is -2.29. The molecule has 0 radical (unpaired) electrons. The molecule has 3 aromatic rings. The van der Waals surface area contributed by atoms with E-state index in [1.807, 2.05) is 24.3 Å². The van der Waals surface area contributed by atoms with Crippen LogP contribution in [0.15, 0.2) is 48.5 Å². The molecule has 0 saturated heterocycles. The summed E-state index contributed by atoms with van der Waals surface area (Å²) in [6, 6.07) is 12.6. The number of aryl methyl sites for hydroxylation is 1. The van der Waals surface area contributed by atoms with Gasteiger partial charge >= 0.3 is 5.97 Å². The first-order valence-electron chi connectivity index (χ1n) is 8.76. The highest BCUT2D eigenvalue weighted by Gasteiger charge is 2.23. The summed E-state index contributed by atoms with van der Waals surface area (Å²) in [6.45, 7) is 3.18. The number of methoxy groups -OCH3 is 1. The predicted molar refractivity (Wildman–Crippen MR) is 109 cm³/mol. The Hall–Kier alpha value is -3.26. The summed E-state index contributed by atoms with van der Waals surface area (Å²) in [6.07, 6.45) is -1.03. The number of aromatic nitrogens is 1. The minimum atomic E-state index is -1.03. The molecule has 1 heterocycles. The number of hydrogen-bond acceptors (Lipinski definition) is 6. The normalized spacial score (nSPS) is 11.6. The number of nitrogens with one attached hydrogen (secondary N) is 1. The summed E-state index contributed by atoms with van der Waals surface area (Å²) in [4.78, 5) is 29.5. The Bertz CT molecular complexity index is 1020. The van der Waals surface area contributed by atoms with E-state index >= 15 is 0 Å². The van der Waals surface area contributed by atoms with Crippen LogP contribution in [-0.4, -0.2) is 30.1 Å². The van der Waals surface area contributed by atoms with Crippen molar-refractivity contribution in [1.82, 2.24) is 4.98 Å². The molecule has 0 aliphatic rings. The van der Waals surface area contributed by atoms with Crippen LogP contribution in [0, 0.1) is 12.7 Å². The summed E-state index contributed by atoms with van der Waals surface area (Å²) in [5.41, 5.74) is 1.78. The number of thiazole rings is 1. The molecule has 0 fully saturated rings. The molecule has 1 amide bonds. The van der Waals surface area contributed by atoms with Gasteiger partial charge in [0.1, 0.15) is 21.5 Å². The maximum Gasteiger partial charge on any atom is 0.351 e. The monoisotopic (exact) mass is 414 g/mol. The molecule has 1 N–H and O–H groups in total. The molecule has 0 bridgehead atoms. The van der Waals surface area contributed by atoms with Gasteiger partial charge in [0, 0.05) is 11.3 Å². The first-order chi connectivity index (χ1) is 13.9. The average Bonchev–Trinajstić information content (AvgIpc) is 3.11. The Balaban J connectivity index is 1.67. The Morgan fingerprint density at radius 3 is 2.38 bits per heavy atom. The molecule has 29 heavy (non-hydrogen) atoms.